The number of carbonyl (C=O) groups is 3. The van der Waals surface area contributed by atoms with Crippen LogP contribution in [0.25, 0.3) is 0 Å². The van der Waals surface area contributed by atoms with E-state index in [9.17, 15) is 14.4 Å². The van der Waals surface area contributed by atoms with Crippen molar-refractivity contribution in [3.05, 3.63) is 47.5 Å². The van der Waals surface area contributed by atoms with Gasteiger partial charge in [0.15, 0.2) is 0 Å². The SMILES string of the molecule is Cc1ccc(COC(=O)[C@H](C)N2C(=O)[C@H]3CC=CC[C@@H]3C2=O)cc1. The van der Waals surface area contributed by atoms with Crippen LogP contribution in [-0.4, -0.2) is 28.7 Å². The highest BCUT2D eigenvalue weighted by molar-refractivity contribution is 6.08. The van der Waals surface area contributed by atoms with Gasteiger partial charge in [-0.05, 0) is 32.3 Å². The number of likely N-dealkylation sites (tertiary alicyclic amines) is 1. The number of allylic oxidation sites excluding steroid dienone is 2. The Morgan fingerprint density at radius 2 is 1.67 bits per heavy atom. The van der Waals surface area contributed by atoms with Crippen LogP contribution in [0.15, 0.2) is 36.4 Å². The molecule has 1 aliphatic carbocycles. The van der Waals surface area contributed by atoms with Crippen LogP contribution in [0.4, 0.5) is 0 Å². The zero-order valence-corrected chi connectivity index (χ0v) is 13.9. The lowest BCUT2D eigenvalue weighted by molar-refractivity contribution is -0.159. The maximum atomic E-state index is 12.5. The minimum Gasteiger partial charge on any atom is -0.459 e. The summed E-state index contributed by atoms with van der Waals surface area (Å²) in [7, 11) is 0. The molecule has 5 nitrogen and oxygen atoms in total. The average Bonchev–Trinajstić information content (AvgIpc) is 2.85. The molecule has 0 saturated carbocycles. The van der Waals surface area contributed by atoms with E-state index < -0.39 is 12.0 Å². The van der Waals surface area contributed by atoms with Gasteiger partial charge in [0.2, 0.25) is 11.8 Å². The Kier molecular flexibility index (Phi) is 4.51. The van der Waals surface area contributed by atoms with Gasteiger partial charge in [0.1, 0.15) is 12.6 Å². The fraction of sp³-hybridized carbons (Fsp3) is 0.421. The maximum Gasteiger partial charge on any atom is 0.329 e. The average molecular weight is 327 g/mol. The van der Waals surface area contributed by atoms with E-state index >= 15 is 0 Å². The third kappa shape index (κ3) is 2.98. The molecule has 0 radical (unpaired) electrons. The molecule has 0 N–H and O–H groups in total. The third-order valence-electron chi connectivity index (χ3n) is 4.77. The number of hydrogen-bond acceptors (Lipinski definition) is 4. The number of esters is 1. The molecule has 0 bridgehead atoms. The van der Waals surface area contributed by atoms with Crippen LogP contribution in [0.3, 0.4) is 0 Å². The van der Waals surface area contributed by atoms with E-state index in [1.165, 1.54) is 0 Å². The predicted octanol–water partition coefficient (Wildman–Crippen LogP) is 2.38. The molecule has 2 amide bonds. The molecule has 1 aromatic carbocycles. The van der Waals surface area contributed by atoms with Crippen LogP contribution < -0.4 is 0 Å². The molecule has 1 heterocycles. The summed E-state index contributed by atoms with van der Waals surface area (Å²) in [6.07, 6.45) is 4.99. The van der Waals surface area contributed by atoms with Gasteiger partial charge in [-0.15, -0.1) is 0 Å². The number of hydrogen-bond donors (Lipinski definition) is 0. The zero-order chi connectivity index (χ0) is 17.3. The van der Waals surface area contributed by atoms with E-state index in [0.717, 1.165) is 16.0 Å². The molecule has 24 heavy (non-hydrogen) atoms. The summed E-state index contributed by atoms with van der Waals surface area (Å²) in [6.45, 7) is 3.67. The van der Waals surface area contributed by atoms with Crippen molar-refractivity contribution in [2.45, 2.75) is 39.3 Å². The first kappa shape index (κ1) is 16.4. The highest BCUT2D eigenvalue weighted by Crippen LogP contribution is 2.36. The maximum absolute atomic E-state index is 12.5. The summed E-state index contributed by atoms with van der Waals surface area (Å²) < 4.78 is 5.29. The highest BCUT2D eigenvalue weighted by atomic mass is 16.5. The largest absolute Gasteiger partial charge is 0.459 e. The van der Waals surface area contributed by atoms with Crippen molar-refractivity contribution in [1.29, 1.82) is 0 Å². The van der Waals surface area contributed by atoms with Gasteiger partial charge >= 0.3 is 5.97 Å². The Hall–Kier alpha value is -2.43. The zero-order valence-electron chi connectivity index (χ0n) is 13.9. The summed E-state index contributed by atoms with van der Waals surface area (Å²) in [5.74, 6) is -1.71. The lowest BCUT2D eigenvalue weighted by Gasteiger charge is -2.21. The second-order valence-corrected chi connectivity index (χ2v) is 6.47. The molecule has 0 aromatic heterocycles. The van der Waals surface area contributed by atoms with Crippen molar-refractivity contribution in [2.75, 3.05) is 0 Å². The van der Waals surface area contributed by atoms with Crippen molar-refractivity contribution in [2.24, 2.45) is 11.8 Å². The molecule has 1 aliphatic heterocycles. The van der Waals surface area contributed by atoms with Crippen LogP contribution in [-0.2, 0) is 25.7 Å². The monoisotopic (exact) mass is 327 g/mol. The molecule has 5 heteroatoms. The number of carbonyl (C=O) groups excluding carboxylic acids is 3. The number of imide groups is 1. The first-order chi connectivity index (χ1) is 11.5. The molecule has 2 aliphatic rings. The first-order valence-corrected chi connectivity index (χ1v) is 8.23. The lowest BCUT2D eigenvalue weighted by atomic mass is 9.85. The van der Waals surface area contributed by atoms with Gasteiger partial charge in [-0.25, -0.2) is 4.79 Å². The van der Waals surface area contributed by atoms with Crippen molar-refractivity contribution < 1.29 is 19.1 Å². The minimum atomic E-state index is -0.888. The van der Waals surface area contributed by atoms with Gasteiger partial charge in [-0.2, -0.15) is 0 Å². The summed E-state index contributed by atoms with van der Waals surface area (Å²) in [5.41, 5.74) is 2.00. The second-order valence-electron chi connectivity index (χ2n) is 6.47. The smallest absolute Gasteiger partial charge is 0.329 e. The number of nitrogens with zero attached hydrogens (tertiary/aromatic N) is 1. The van der Waals surface area contributed by atoms with E-state index in [0.29, 0.717) is 12.8 Å². The van der Waals surface area contributed by atoms with E-state index in [2.05, 4.69) is 0 Å². The van der Waals surface area contributed by atoms with E-state index in [1.807, 2.05) is 43.3 Å². The molecule has 1 fully saturated rings. The molecule has 0 spiro atoms. The van der Waals surface area contributed by atoms with Gasteiger partial charge in [0.05, 0.1) is 11.8 Å². The van der Waals surface area contributed by atoms with Crippen LogP contribution in [0.1, 0.15) is 30.9 Å². The highest BCUT2D eigenvalue weighted by Gasteiger charge is 2.50. The Morgan fingerprint density at radius 1 is 1.12 bits per heavy atom. The van der Waals surface area contributed by atoms with Gasteiger partial charge in [0, 0.05) is 0 Å². The Morgan fingerprint density at radius 3 is 2.21 bits per heavy atom. The van der Waals surface area contributed by atoms with Crippen LogP contribution in [0.5, 0.6) is 0 Å². The summed E-state index contributed by atoms with van der Waals surface area (Å²) in [4.78, 5) is 38.3. The van der Waals surface area contributed by atoms with E-state index in [4.69, 9.17) is 4.74 Å². The lowest BCUT2D eigenvalue weighted by Crippen LogP contribution is -2.44. The standard InChI is InChI=1S/C19H21NO4/c1-12-7-9-14(10-8-12)11-24-19(23)13(2)20-17(21)15-5-3-4-6-16(15)18(20)22/h3-4,7-10,13,15-16H,5-6,11H2,1-2H3/t13-,15-,16-/m0/s1. The fourth-order valence-electron chi connectivity index (χ4n) is 3.27. The van der Waals surface area contributed by atoms with Crippen molar-refractivity contribution in [3.8, 4) is 0 Å². The molecule has 1 saturated heterocycles. The van der Waals surface area contributed by atoms with E-state index in [1.54, 1.807) is 6.92 Å². The predicted molar refractivity (Wildman–Crippen MR) is 87.6 cm³/mol. The number of fused-ring (bicyclic) bond motifs is 1. The number of amides is 2. The number of aryl methyl sites for hydroxylation is 1. The van der Waals surface area contributed by atoms with E-state index in [-0.39, 0.29) is 30.3 Å². The molecule has 1 aromatic rings. The second kappa shape index (κ2) is 6.59. The molecular formula is C19H21NO4. The van der Waals surface area contributed by atoms with Crippen LogP contribution in [0.2, 0.25) is 0 Å². The first-order valence-electron chi connectivity index (χ1n) is 8.23. The number of rotatable bonds is 4. The molecule has 0 unspecified atom stereocenters. The fourth-order valence-corrected chi connectivity index (χ4v) is 3.27. The normalized spacial score (nSPS) is 24.0. The Bertz CT molecular complexity index is 666. The number of ether oxygens (including phenoxy) is 1. The van der Waals surface area contributed by atoms with Gasteiger partial charge < -0.3 is 4.74 Å². The quantitative estimate of drug-likeness (QED) is 0.484. The topological polar surface area (TPSA) is 63.7 Å². The van der Waals surface area contributed by atoms with Crippen LogP contribution in [0, 0.1) is 18.8 Å². The molecular weight excluding hydrogens is 306 g/mol. The minimum absolute atomic E-state index is 0.133. The Labute approximate surface area is 141 Å². The molecule has 126 valence electrons. The van der Waals surface area contributed by atoms with Crippen molar-refractivity contribution in [1.82, 2.24) is 4.90 Å². The van der Waals surface area contributed by atoms with Crippen molar-refractivity contribution >= 4 is 17.8 Å². The third-order valence-corrected chi connectivity index (χ3v) is 4.77. The molecule has 3 atom stereocenters. The Balaban J connectivity index is 1.64. The summed E-state index contributed by atoms with van der Waals surface area (Å²) in [6, 6.07) is 6.77. The van der Waals surface area contributed by atoms with Crippen molar-refractivity contribution in [3.63, 3.8) is 0 Å². The van der Waals surface area contributed by atoms with Gasteiger partial charge in [0.25, 0.3) is 0 Å². The van der Waals surface area contributed by atoms with Crippen LogP contribution >= 0.6 is 0 Å². The summed E-state index contributed by atoms with van der Waals surface area (Å²) >= 11 is 0. The van der Waals surface area contributed by atoms with Gasteiger partial charge in [-0.3, -0.25) is 14.5 Å². The molecule has 3 rings (SSSR count). The summed E-state index contributed by atoms with van der Waals surface area (Å²) in [5, 5.41) is 0. The number of benzene rings is 1. The van der Waals surface area contributed by atoms with Gasteiger partial charge in [-0.1, -0.05) is 42.0 Å².